The van der Waals surface area contributed by atoms with E-state index in [4.69, 9.17) is 0 Å². The molecule has 0 atom stereocenters. The van der Waals surface area contributed by atoms with Crippen molar-refractivity contribution in [1.29, 1.82) is 0 Å². The van der Waals surface area contributed by atoms with E-state index in [2.05, 4.69) is 10.3 Å². The average molecular weight is 338 g/mol. The van der Waals surface area contributed by atoms with Crippen molar-refractivity contribution in [3.8, 4) is 0 Å². The maximum absolute atomic E-state index is 12.5. The van der Waals surface area contributed by atoms with Gasteiger partial charge in [0.1, 0.15) is 4.88 Å². The van der Waals surface area contributed by atoms with E-state index in [-0.39, 0.29) is 12.5 Å². The van der Waals surface area contributed by atoms with Gasteiger partial charge < -0.3 is 10.4 Å². The molecule has 1 aromatic rings. The zero-order valence-corrected chi connectivity index (χ0v) is 15.0. The highest BCUT2D eigenvalue weighted by molar-refractivity contribution is 7.13. The lowest BCUT2D eigenvalue weighted by atomic mass is 9.82. The summed E-state index contributed by atoms with van der Waals surface area (Å²) in [7, 11) is 0. The van der Waals surface area contributed by atoms with Gasteiger partial charge >= 0.3 is 5.97 Å². The summed E-state index contributed by atoms with van der Waals surface area (Å²) in [4.78, 5) is 29.2. The highest BCUT2D eigenvalue weighted by Crippen LogP contribution is 2.37. The Morgan fingerprint density at radius 3 is 2.43 bits per heavy atom. The minimum Gasteiger partial charge on any atom is -0.481 e. The number of amides is 1. The number of carboxylic acid groups (broad SMARTS) is 1. The van der Waals surface area contributed by atoms with E-state index >= 15 is 0 Å². The first-order valence-electron chi connectivity index (χ1n) is 8.42. The molecule has 1 fully saturated rings. The Balaban J connectivity index is 2.07. The number of thiazole rings is 1. The van der Waals surface area contributed by atoms with E-state index in [1.165, 1.54) is 24.2 Å². The number of nitrogens with zero attached hydrogens (tertiary/aromatic N) is 1. The molecule has 1 aromatic heterocycles. The van der Waals surface area contributed by atoms with Gasteiger partial charge in [-0.3, -0.25) is 9.59 Å². The maximum Gasteiger partial charge on any atom is 0.311 e. The van der Waals surface area contributed by atoms with Crippen LogP contribution in [0.5, 0.6) is 0 Å². The first kappa shape index (κ1) is 17.9. The topological polar surface area (TPSA) is 79.3 Å². The quantitative estimate of drug-likeness (QED) is 0.794. The third-order valence-corrected chi connectivity index (χ3v) is 6.44. The number of aryl methyl sites for hydroxylation is 1. The number of rotatable bonds is 7. The molecular formula is C17H26N2O3S. The van der Waals surface area contributed by atoms with E-state index in [0.717, 1.165) is 23.5 Å². The molecule has 0 saturated heterocycles. The fourth-order valence-electron chi connectivity index (χ4n) is 3.18. The van der Waals surface area contributed by atoms with Crippen molar-refractivity contribution in [2.45, 2.75) is 65.2 Å². The van der Waals surface area contributed by atoms with Crippen LogP contribution >= 0.6 is 11.3 Å². The van der Waals surface area contributed by atoms with Crippen LogP contribution in [0.25, 0.3) is 0 Å². The highest BCUT2D eigenvalue weighted by Gasteiger charge is 2.35. The van der Waals surface area contributed by atoms with Crippen molar-refractivity contribution < 1.29 is 14.7 Å². The van der Waals surface area contributed by atoms with Crippen molar-refractivity contribution in [3.05, 3.63) is 15.6 Å². The number of carbonyl (C=O) groups excluding carboxylic acids is 1. The van der Waals surface area contributed by atoms with Gasteiger partial charge in [-0.05, 0) is 32.6 Å². The van der Waals surface area contributed by atoms with E-state index in [9.17, 15) is 14.7 Å². The lowest BCUT2D eigenvalue weighted by molar-refractivity contribution is -0.149. The second-order valence-electron chi connectivity index (χ2n) is 6.42. The van der Waals surface area contributed by atoms with Crippen LogP contribution in [0.2, 0.25) is 0 Å². The van der Waals surface area contributed by atoms with Crippen molar-refractivity contribution in [3.63, 3.8) is 0 Å². The number of aromatic nitrogens is 1. The van der Waals surface area contributed by atoms with Gasteiger partial charge in [0.25, 0.3) is 5.91 Å². The summed E-state index contributed by atoms with van der Waals surface area (Å²) in [6.45, 7) is 5.71. The van der Waals surface area contributed by atoms with E-state index < -0.39 is 11.4 Å². The molecule has 0 spiro atoms. The first-order chi connectivity index (χ1) is 10.9. The van der Waals surface area contributed by atoms with Crippen LogP contribution in [0.15, 0.2) is 0 Å². The maximum atomic E-state index is 12.5. The zero-order valence-electron chi connectivity index (χ0n) is 14.1. The molecule has 1 amide bonds. The Morgan fingerprint density at radius 2 is 1.91 bits per heavy atom. The smallest absolute Gasteiger partial charge is 0.311 e. The van der Waals surface area contributed by atoms with Crippen LogP contribution in [0.1, 0.15) is 78.7 Å². The second kappa shape index (κ2) is 7.43. The van der Waals surface area contributed by atoms with Crippen LogP contribution in [0.4, 0.5) is 0 Å². The van der Waals surface area contributed by atoms with E-state index in [0.29, 0.717) is 23.6 Å². The molecule has 2 N–H and O–H groups in total. The molecule has 1 aliphatic carbocycles. The molecule has 0 aliphatic heterocycles. The molecule has 2 rings (SSSR count). The Labute approximate surface area is 141 Å². The molecule has 1 heterocycles. The number of aliphatic carboxylic acids is 1. The summed E-state index contributed by atoms with van der Waals surface area (Å²) in [5.74, 6) is -0.558. The molecule has 1 saturated carbocycles. The number of hydrogen-bond donors (Lipinski definition) is 2. The standard InChI is InChI=1S/C17H26N2O3S/c1-4-17(5-2,16(21)22)10-18-14(20)13-11(3)19-15(23-13)12-8-6-7-9-12/h12H,4-10H2,1-3H3,(H,18,20)(H,21,22). The van der Waals surface area contributed by atoms with Gasteiger partial charge in [-0.15, -0.1) is 11.3 Å². The number of hydrogen-bond acceptors (Lipinski definition) is 4. The molecule has 1 aliphatic rings. The van der Waals surface area contributed by atoms with Crippen LogP contribution in [-0.4, -0.2) is 28.5 Å². The Morgan fingerprint density at radius 1 is 1.30 bits per heavy atom. The van der Waals surface area contributed by atoms with Crippen molar-refractivity contribution in [1.82, 2.24) is 10.3 Å². The lowest BCUT2D eigenvalue weighted by Gasteiger charge is -2.26. The largest absolute Gasteiger partial charge is 0.481 e. The molecular weight excluding hydrogens is 312 g/mol. The highest BCUT2D eigenvalue weighted by atomic mass is 32.1. The minimum atomic E-state index is -0.886. The molecule has 128 valence electrons. The van der Waals surface area contributed by atoms with Crippen molar-refractivity contribution in [2.75, 3.05) is 6.54 Å². The Kier molecular flexibility index (Phi) is 5.79. The summed E-state index contributed by atoms with van der Waals surface area (Å²) in [6.07, 6.45) is 5.77. The van der Waals surface area contributed by atoms with Crippen LogP contribution in [0, 0.1) is 12.3 Å². The number of carboxylic acids is 1. The van der Waals surface area contributed by atoms with Gasteiger partial charge in [0, 0.05) is 12.5 Å². The predicted octanol–water partition coefficient (Wildman–Crippen LogP) is 3.73. The monoisotopic (exact) mass is 338 g/mol. The summed E-state index contributed by atoms with van der Waals surface area (Å²) in [5.41, 5.74) is -0.133. The van der Waals surface area contributed by atoms with Crippen molar-refractivity contribution >= 4 is 23.2 Å². The molecule has 23 heavy (non-hydrogen) atoms. The third-order valence-electron chi connectivity index (χ3n) is 5.12. The molecule has 0 unspecified atom stereocenters. The summed E-state index contributed by atoms with van der Waals surface area (Å²) >= 11 is 1.47. The van der Waals surface area contributed by atoms with Gasteiger partial charge in [0.05, 0.1) is 16.1 Å². The number of carbonyl (C=O) groups is 2. The predicted molar refractivity (Wildman–Crippen MR) is 91.0 cm³/mol. The summed E-state index contributed by atoms with van der Waals surface area (Å²) in [6, 6.07) is 0. The fourth-order valence-corrected chi connectivity index (χ4v) is 4.34. The SMILES string of the molecule is CCC(CC)(CNC(=O)c1sc(C2CCCC2)nc1C)C(=O)O. The van der Waals surface area contributed by atoms with Gasteiger partial charge in [0.15, 0.2) is 0 Å². The Bertz CT molecular complexity index is 572. The molecule has 0 radical (unpaired) electrons. The van der Waals surface area contributed by atoms with Gasteiger partial charge in [-0.25, -0.2) is 4.98 Å². The Hall–Kier alpha value is -1.43. The van der Waals surface area contributed by atoms with Gasteiger partial charge in [0.2, 0.25) is 0 Å². The summed E-state index contributed by atoms with van der Waals surface area (Å²) in [5, 5.41) is 13.3. The minimum absolute atomic E-state index is 0.157. The molecule has 0 bridgehead atoms. The van der Waals surface area contributed by atoms with Crippen LogP contribution in [-0.2, 0) is 4.79 Å². The second-order valence-corrected chi connectivity index (χ2v) is 7.45. The molecule has 6 heteroatoms. The zero-order chi connectivity index (χ0) is 17.0. The first-order valence-corrected chi connectivity index (χ1v) is 9.24. The average Bonchev–Trinajstić information content (AvgIpc) is 3.17. The molecule has 5 nitrogen and oxygen atoms in total. The van der Waals surface area contributed by atoms with Gasteiger partial charge in [-0.2, -0.15) is 0 Å². The summed E-state index contributed by atoms with van der Waals surface area (Å²) < 4.78 is 0. The van der Waals surface area contributed by atoms with Gasteiger partial charge in [-0.1, -0.05) is 26.7 Å². The normalized spacial score (nSPS) is 15.8. The van der Waals surface area contributed by atoms with E-state index in [1.807, 2.05) is 20.8 Å². The van der Waals surface area contributed by atoms with Crippen LogP contribution < -0.4 is 5.32 Å². The third kappa shape index (κ3) is 3.74. The fraction of sp³-hybridized carbons (Fsp3) is 0.706. The lowest BCUT2D eigenvalue weighted by Crippen LogP contribution is -2.42. The van der Waals surface area contributed by atoms with Crippen LogP contribution in [0.3, 0.4) is 0 Å². The number of nitrogens with one attached hydrogen (secondary N) is 1. The van der Waals surface area contributed by atoms with E-state index in [1.54, 1.807) is 0 Å². The molecule has 0 aromatic carbocycles. The van der Waals surface area contributed by atoms with Crippen molar-refractivity contribution in [2.24, 2.45) is 5.41 Å².